The van der Waals surface area contributed by atoms with Crippen LogP contribution in [0.5, 0.6) is 0 Å². The van der Waals surface area contributed by atoms with E-state index in [2.05, 4.69) is 17.1 Å². The Morgan fingerprint density at radius 1 is 1.37 bits per heavy atom. The van der Waals surface area contributed by atoms with Crippen molar-refractivity contribution >= 4 is 12.0 Å². The molecule has 110 valence electrons. The second-order valence-corrected chi connectivity index (χ2v) is 5.42. The predicted octanol–water partition coefficient (Wildman–Crippen LogP) is -0.588. The molecule has 1 heterocycles. The summed E-state index contributed by atoms with van der Waals surface area (Å²) >= 11 is 0. The number of aliphatic carboxylic acids is 1. The van der Waals surface area contributed by atoms with Crippen molar-refractivity contribution in [2.24, 2.45) is 5.92 Å². The normalized spacial score (nSPS) is 26.3. The molecular formula is C12H23N3O4. The Bertz CT molecular complexity index is 346. The van der Waals surface area contributed by atoms with Gasteiger partial charge in [-0.1, -0.05) is 6.92 Å². The lowest BCUT2D eigenvalue weighted by molar-refractivity contribution is -0.141. The Labute approximate surface area is 113 Å². The fourth-order valence-corrected chi connectivity index (χ4v) is 2.40. The maximum absolute atomic E-state index is 12.0. The van der Waals surface area contributed by atoms with Crippen LogP contribution >= 0.6 is 0 Å². The Balaban J connectivity index is 2.62. The predicted molar refractivity (Wildman–Crippen MR) is 69.8 cm³/mol. The molecule has 1 aliphatic heterocycles. The number of aliphatic hydroxyl groups is 1. The summed E-state index contributed by atoms with van der Waals surface area (Å²) in [6.45, 7) is 4.54. The Kier molecular flexibility index (Phi) is 5.13. The van der Waals surface area contributed by atoms with Gasteiger partial charge in [-0.3, -0.25) is 0 Å². The zero-order valence-corrected chi connectivity index (χ0v) is 11.8. The van der Waals surface area contributed by atoms with E-state index in [0.717, 1.165) is 0 Å². The molecular weight excluding hydrogens is 250 g/mol. The number of hydrogen-bond acceptors (Lipinski definition) is 4. The molecule has 1 rings (SSSR count). The van der Waals surface area contributed by atoms with Crippen LogP contribution in [0.1, 0.15) is 13.8 Å². The van der Waals surface area contributed by atoms with Crippen molar-refractivity contribution < 1.29 is 19.8 Å². The number of carboxylic acid groups (broad SMARTS) is 1. The summed E-state index contributed by atoms with van der Waals surface area (Å²) in [4.78, 5) is 26.6. The Morgan fingerprint density at radius 3 is 2.32 bits per heavy atom. The van der Waals surface area contributed by atoms with Gasteiger partial charge in [-0.15, -0.1) is 0 Å². The lowest BCUT2D eigenvalue weighted by Crippen LogP contribution is -2.52. The third-order valence-corrected chi connectivity index (χ3v) is 3.55. The van der Waals surface area contributed by atoms with Gasteiger partial charge in [0.15, 0.2) is 6.04 Å². The molecule has 3 N–H and O–H groups in total. The molecule has 7 nitrogen and oxygen atoms in total. The molecule has 2 unspecified atom stereocenters. The minimum atomic E-state index is -1.28. The van der Waals surface area contributed by atoms with E-state index >= 15 is 0 Å². The summed E-state index contributed by atoms with van der Waals surface area (Å²) in [5.41, 5.74) is 0. The van der Waals surface area contributed by atoms with Crippen molar-refractivity contribution in [3.8, 4) is 0 Å². The number of carbonyl (C=O) groups is 2. The molecule has 0 aromatic heterocycles. The van der Waals surface area contributed by atoms with Gasteiger partial charge in [0.1, 0.15) is 0 Å². The number of nitrogens with zero attached hydrogens (tertiary/aromatic N) is 2. The number of likely N-dealkylation sites (N-methyl/N-ethyl adjacent to an activating group) is 1. The van der Waals surface area contributed by atoms with Gasteiger partial charge in [0.05, 0.1) is 6.10 Å². The van der Waals surface area contributed by atoms with E-state index in [9.17, 15) is 14.7 Å². The SMILES string of the molecule is CC1CN(C(=O)N[C@H](C(=O)O)[C@@H](C)O)CC1N(C)C. The van der Waals surface area contributed by atoms with Gasteiger partial charge in [-0.05, 0) is 26.9 Å². The highest BCUT2D eigenvalue weighted by atomic mass is 16.4. The highest BCUT2D eigenvalue weighted by Gasteiger charge is 2.35. The summed E-state index contributed by atoms with van der Waals surface area (Å²) < 4.78 is 0. The van der Waals surface area contributed by atoms with E-state index < -0.39 is 24.1 Å². The van der Waals surface area contributed by atoms with Crippen molar-refractivity contribution in [1.29, 1.82) is 0 Å². The fraction of sp³-hybridized carbons (Fsp3) is 0.833. The third kappa shape index (κ3) is 3.81. The van der Waals surface area contributed by atoms with Gasteiger partial charge in [-0.25, -0.2) is 9.59 Å². The first-order valence-electron chi connectivity index (χ1n) is 6.36. The molecule has 0 aliphatic carbocycles. The molecule has 0 spiro atoms. The zero-order valence-electron chi connectivity index (χ0n) is 11.8. The molecule has 0 bridgehead atoms. The number of nitrogens with one attached hydrogen (secondary N) is 1. The molecule has 2 amide bonds. The van der Waals surface area contributed by atoms with Crippen LogP contribution in [-0.4, -0.2) is 77.4 Å². The molecule has 1 aliphatic rings. The summed E-state index contributed by atoms with van der Waals surface area (Å²) in [7, 11) is 3.91. The van der Waals surface area contributed by atoms with Crippen molar-refractivity contribution in [2.45, 2.75) is 32.0 Å². The number of urea groups is 1. The quantitative estimate of drug-likeness (QED) is 0.637. The summed E-state index contributed by atoms with van der Waals surface area (Å²) in [5, 5.41) is 20.6. The minimum Gasteiger partial charge on any atom is -0.480 e. The molecule has 4 atom stereocenters. The second-order valence-electron chi connectivity index (χ2n) is 5.42. The first-order chi connectivity index (χ1) is 8.73. The Morgan fingerprint density at radius 2 is 1.95 bits per heavy atom. The average molecular weight is 273 g/mol. The second kappa shape index (κ2) is 6.21. The van der Waals surface area contributed by atoms with Crippen molar-refractivity contribution in [1.82, 2.24) is 15.1 Å². The lowest BCUT2D eigenvalue weighted by atomic mass is 10.1. The maximum atomic E-state index is 12.0. The maximum Gasteiger partial charge on any atom is 0.328 e. The standard InChI is InChI=1S/C12H23N3O4/c1-7-5-15(6-9(7)14(3)4)12(19)13-10(8(2)16)11(17)18/h7-10,16H,5-6H2,1-4H3,(H,13,19)(H,17,18)/t7?,8-,9?,10+/m1/s1. The largest absolute Gasteiger partial charge is 0.480 e. The molecule has 0 saturated carbocycles. The van der Waals surface area contributed by atoms with Crippen LogP contribution in [0.15, 0.2) is 0 Å². The minimum absolute atomic E-state index is 0.264. The smallest absolute Gasteiger partial charge is 0.328 e. The van der Waals surface area contributed by atoms with Crippen LogP contribution in [0.2, 0.25) is 0 Å². The zero-order chi connectivity index (χ0) is 14.7. The fourth-order valence-electron chi connectivity index (χ4n) is 2.40. The third-order valence-electron chi connectivity index (χ3n) is 3.55. The van der Waals surface area contributed by atoms with Crippen LogP contribution in [0, 0.1) is 5.92 Å². The monoisotopic (exact) mass is 273 g/mol. The molecule has 1 fully saturated rings. The van der Waals surface area contributed by atoms with Crippen LogP contribution in [-0.2, 0) is 4.79 Å². The summed E-state index contributed by atoms with van der Waals surface area (Å²) in [6.07, 6.45) is -1.13. The highest BCUT2D eigenvalue weighted by Crippen LogP contribution is 2.19. The number of likely N-dealkylation sites (tertiary alicyclic amines) is 1. The van der Waals surface area contributed by atoms with E-state index in [-0.39, 0.29) is 6.04 Å². The van der Waals surface area contributed by atoms with E-state index in [1.165, 1.54) is 6.92 Å². The van der Waals surface area contributed by atoms with Gasteiger partial charge in [0.25, 0.3) is 0 Å². The van der Waals surface area contributed by atoms with Crippen molar-refractivity contribution in [2.75, 3.05) is 27.2 Å². The van der Waals surface area contributed by atoms with Crippen molar-refractivity contribution in [3.05, 3.63) is 0 Å². The lowest BCUT2D eigenvalue weighted by Gasteiger charge is -2.24. The number of carboxylic acids is 1. The first-order valence-corrected chi connectivity index (χ1v) is 6.36. The van der Waals surface area contributed by atoms with Crippen LogP contribution < -0.4 is 5.32 Å². The topological polar surface area (TPSA) is 93.1 Å². The average Bonchev–Trinajstić information content (AvgIpc) is 2.67. The number of carbonyl (C=O) groups excluding carboxylic acids is 1. The molecule has 0 radical (unpaired) electrons. The van der Waals surface area contributed by atoms with Gasteiger partial charge >= 0.3 is 12.0 Å². The molecule has 0 aromatic rings. The molecule has 7 heteroatoms. The van der Waals surface area contributed by atoms with E-state index in [1.54, 1.807) is 4.90 Å². The van der Waals surface area contributed by atoms with Crippen molar-refractivity contribution in [3.63, 3.8) is 0 Å². The van der Waals surface area contributed by atoms with Gasteiger partial charge in [-0.2, -0.15) is 0 Å². The number of rotatable bonds is 4. The number of hydrogen-bond donors (Lipinski definition) is 3. The van der Waals surface area contributed by atoms with Crippen LogP contribution in [0.3, 0.4) is 0 Å². The van der Waals surface area contributed by atoms with E-state index in [0.29, 0.717) is 19.0 Å². The Hall–Kier alpha value is -1.34. The van der Waals surface area contributed by atoms with Gasteiger partial charge in [0, 0.05) is 19.1 Å². The van der Waals surface area contributed by atoms with Gasteiger partial charge in [0.2, 0.25) is 0 Å². The highest BCUT2D eigenvalue weighted by molar-refractivity contribution is 5.83. The number of amides is 2. The van der Waals surface area contributed by atoms with Crippen LogP contribution in [0.25, 0.3) is 0 Å². The number of aliphatic hydroxyl groups excluding tert-OH is 1. The molecule has 19 heavy (non-hydrogen) atoms. The first kappa shape index (κ1) is 15.7. The van der Waals surface area contributed by atoms with Crippen LogP contribution in [0.4, 0.5) is 4.79 Å². The molecule has 1 saturated heterocycles. The molecule has 0 aromatic carbocycles. The summed E-state index contributed by atoms with van der Waals surface area (Å²) in [6, 6.07) is -1.45. The van der Waals surface area contributed by atoms with Gasteiger partial charge < -0.3 is 25.3 Å². The summed E-state index contributed by atoms with van der Waals surface area (Å²) in [5.74, 6) is -0.907. The van der Waals surface area contributed by atoms with E-state index in [4.69, 9.17) is 5.11 Å². The van der Waals surface area contributed by atoms with E-state index in [1.807, 2.05) is 14.1 Å².